The van der Waals surface area contributed by atoms with Crippen LogP contribution in [-0.2, 0) is 10.4 Å². The number of rotatable bonds is 1. The molecule has 1 heterocycles. The molecule has 2 heteroatoms. The molecular weight excluding hydrogens is 186 g/mol. The molecule has 82 valence electrons. The third-order valence-corrected chi connectivity index (χ3v) is 2.38. The molecule has 0 aromatic heterocycles. The largest absolute Gasteiger partial charge is 0.384 e. The van der Waals surface area contributed by atoms with E-state index in [1.54, 1.807) is 0 Å². The van der Waals surface area contributed by atoms with E-state index in [2.05, 4.69) is 24.2 Å². The Bertz CT molecular complexity index is 332. The molecule has 0 aliphatic carbocycles. The number of hydrogen-bond donors (Lipinski definition) is 0. The van der Waals surface area contributed by atoms with E-state index in [0.29, 0.717) is 0 Å². The summed E-state index contributed by atoms with van der Waals surface area (Å²) in [6.45, 7) is 8.07. The van der Waals surface area contributed by atoms with E-state index in [1.807, 2.05) is 39.0 Å². The van der Waals surface area contributed by atoms with Gasteiger partial charge in [-0.15, -0.1) is 0 Å². The zero-order valence-corrected chi connectivity index (χ0v) is 9.95. The van der Waals surface area contributed by atoms with Gasteiger partial charge in [0.05, 0.1) is 5.71 Å². The molecule has 1 aromatic rings. The zero-order chi connectivity index (χ0) is 11.3. The molecule has 0 N–H and O–H groups in total. The van der Waals surface area contributed by atoms with E-state index < -0.39 is 0 Å². The summed E-state index contributed by atoms with van der Waals surface area (Å²) in [6, 6.07) is 10.2. The lowest BCUT2D eigenvalue weighted by Crippen LogP contribution is -2.20. The smallest absolute Gasteiger partial charge is 0.165 e. The van der Waals surface area contributed by atoms with Crippen LogP contribution in [0, 0.1) is 0 Å². The highest BCUT2D eigenvalue weighted by Gasteiger charge is 2.34. The van der Waals surface area contributed by atoms with Crippen LogP contribution in [0.3, 0.4) is 0 Å². The van der Waals surface area contributed by atoms with Crippen molar-refractivity contribution in [3.63, 3.8) is 0 Å². The molecule has 1 aliphatic heterocycles. The number of nitrogens with zero attached hydrogens (tertiary/aromatic N) is 1. The highest BCUT2D eigenvalue weighted by Crippen LogP contribution is 2.33. The van der Waals surface area contributed by atoms with Crippen LogP contribution in [-0.4, -0.2) is 5.71 Å². The van der Waals surface area contributed by atoms with Gasteiger partial charge in [0.25, 0.3) is 0 Å². The molecule has 0 spiro atoms. The summed E-state index contributed by atoms with van der Waals surface area (Å²) >= 11 is 0. The van der Waals surface area contributed by atoms with Crippen LogP contribution in [0.2, 0.25) is 0 Å². The molecule has 1 atom stereocenters. The lowest BCUT2D eigenvalue weighted by Gasteiger charge is -2.21. The quantitative estimate of drug-likeness (QED) is 0.684. The van der Waals surface area contributed by atoms with Crippen molar-refractivity contribution in [2.45, 2.75) is 39.7 Å². The minimum atomic E-state index is -0.245. The minimum absolute atomic E-state index is 0.245. The highest BCUT2D eigenvalue weighted by atomic mass is 16.7. The van der Waals surface area contributed by atoms with Crippen LogP contribution in [0.4, 0.5) is 0 Å². The Labute approximate surface area is 91.9 Å². The van der Waals surface area contributed by atoms with Crippen molar-refractivity contribution in [2.24, 2.45) is 5.16 Å². The standard InChI is InChI=1S/C11H13NO.C2H6/c1-9-8-11(2,13-12-9)10-6-4-3-5-7-10;1-2/h3-7H,8H2,1-2H3;1-2H3. The summed E-state index contributed by atoms with van der Waals surface area (Å²) in [7, 11) is 0. The summed E-state index contributed by atoms with van der Waals surface area (Å²) in [5.41, 5.74) is 2.01. The first-order valence-corrected chi connectivity index (χ1v) is 5.48. The van der Waals surface area contributed by atoms with Crippen molar-refractivity contribution in [1.29, 1.82) is 0 Å². The molecule has 0 saturated heterocycles. The van der Waals surface area contributed by atoms with Crippen molar-refractivity contribution < 1.29 is 4.84 Å². The van der Waals surface area contributed by atoms with Crippen LogP contribution in [0.5, 0.6) is 0 Å². The summed E-state index contributed by atoms with van der Waals surface area (Å²) in [6.07, 6.45) is 0.886. The fourth-order valence-corrected chi connectivity index (χ4v) is 1.68. The van der Waals surface area contributed by atoms with E-state index in [0.717, 1.165) is 12.1 Å². The SMILES string of the molecule is CC.CC1=NOC(C)(c2ccccc2)C1. The van der Waals surface area contributed by atoms with Crippen molar-refractivity contribution in [2.75, 3.05) is 0 Å². The van der Waals surface area contributed by atoms with E-state index in [-0.39, 0.29) is 5.60 Å². The number of hydrogen-bond acceptors (Lipinski definition) is 2. The van der Waals surface area contributed by atoms with Gasteiger partial charge in [0, 0.05) is 6.42 Å². The van der Waals surface area contributed by atoms with Gasteiger partial charge in [-0.3, -0.25) is 0 Å². The van der Waals surface area contributed by atoms with Crippen LogP contribution >= 0.6 is 0 Å². The number of benzene rings is 1. The molecule has 0 saturated carbocycles. The molecule has 15 heavy (non-hydrogen) atoms. The lowest BCUT2D eigenvalue weighted by molar-refractivity contribution is -0.00738. The van der Waals surface area contributed by atoms with E-state index in [4.69, 9.17) is 4.84 Å². The van der Waals surface area contributed by atoms with Crippen molar-refractivity contribution in [3.8, 4) is 0 Å². The third kappa shape index (κ3) is 2.58. The first-order valence-electron chi connectivity index (χ1n) is 5.48. The Hall–Kier alpha value is -1.31. The highest BCUT2D eigenvalue weighted by molar-refractivity contribution is 5.83. The van der Waals surface area contributed by atoms with Gasteiger partial charge in [0.15, 0.2) is 5.60 Å². The van der Waals surface area contributed by atoms with Crippen molar-refractivity contribution >= 4 is 5.71 Å². The predicted octanol–water partition coefficient (Wildman–Crippen LogP) is 3.72. The Morgan fingerprint density at radius 1 is 1.20 bits per heavy atom. The van der Waals surface area contributed by atoms with E-state index in [9.17, 15) is 0 Å². The van der Waals surface area contributed by atoms with Gasteiger partial charge in [-0.1, -0.05) is 49.3 Å². The maximum Gasteiger partial charge on any atom is 0.165 e. The topological polar surface area (TPSA) is 21.6 Å². The predicted molar refractivity (Wildman–Crippen MR) is 64.0 cm³/mol. The lowest BCUT2D eigenvalue weighted by atomic mass is 9.91. The van der Waals surface area contributed by atoms with E-state index >= 15 is 0 Å². The Balaban J connectivity index is 0.000000531. The second-order valence-electron chi connectivity index (χ2n) is 3.69. The van der Waals surface area contributed by atoms with Gasteiger partial charge in [-0.05, 0) is 19.4 Å². The van der Waals surface area contributed by atoms with Gasteiger partial charge in [0.2, 0.25) is 0 Å². The van der Waals surface area contributed by atoms with Crippen LogP contribution in [0.15, 0.2) is 35.5 Å². The van der Waals surface area contributed by atoms with Crippen molar-refractivity contribution in [3.05, 3.63) is 35.9 Å². The summed E-state index contributed by atoms with van der Waals surface area (Å²) in [5, 5.41) is 3.98. The molecule has 0 bridgehead atoms. The average Bonchev–Trinajstić information content (AvgIpc) is 2.64. The second kappa shape index (κ2) is 4.96. The number of oxime groups is 1. The second-order valence-corrected chi connectivity index (χ2v) is 3.69. The molecule has 1 unspecified atom stereocenters. The minimum Gasteiger partial charge on any atom is -0.384 e. The maximum absolute atomic E-state index is 5.43. The van der Waals surface area contributed by atoms with Crippen LogP contribution in [0.25, 0.3) is 0 Å². The fourth-order valence-electron chi connectivity index (χ4n) is 1.68. The van der Waals surface area contributed by atoms with Crippen LogP contribution in [0.1, 0.15) is 39.7 Å². The molecule has 0 amide bonds. The molecule has 1 aliphatic rings. The van der Waals surface area contributed by atoms with Gasteiger partial charge in [-0.25, -0.2) is 0 Å². The first-order chi connectivity index (χ1) is 7.21. The third-order valence-electron chi connectivity index (χ3n) is 2.38. The molecule has 0 radical (unpaired) electrons. The monoisotopic (exact) mass is 205 g/mol. The molecule has 2 nitrogen and oxygen atoms in total. The summed E-state index contributed by atoms with van der Waals surface area (Å²) < 4.78 is 0. The molecule has 2 rings (SSSR count). The normalized spacial score (nSPS) is 23.6. The van der Waals surface area contributed by atoms with Gasteiger partial charge < -0.3 is 4.84 Å². The van der Waals surface area contributed by atoms with Crippen molar-refractivity contribution in [1.82, 2.24) is 0 Å². The maximum atomic E-state index is 5.43. The van der Waals surface area contributed by atoms with Gasteiger partial charge >= 0.3 is 0 Å². The zero-order valence-electron chi connectivity index (χ0n) is 9.95. The first kappa shape index (κ1) is 11.8. The summed E-state index contributed by atoms with van der Waals surface area (Å²) in [5.74, 6) is 0. The van der Waals surface area contributed by atoms with Crippen LogP contribution < -0.4 is 0 Å². The summed E-state index contributed by atoms with van der Waals surface area (Å²) in [4.78, 5) is 5.43. The Morgan fingerprint density at radius 2 is 1.80 bits per heavy atom. The van der Waals surface area contributed by atoms with E-state index in [1.165, 1.54) is 5.56 Å². The van der Waals surface area contributed by atoms with Gasteiger partial charge in [-0.2, -0.15) is 0 Å². The Morgan fingerprint density at radius 3 is 2.27 bits per heavy atom. The molecular formula is C13H19NO. The molecule has 1 aromatic carbocycles. The molecule has 0 fully saturated rings. The fraction of sp³-hybridized carbons (Fsp3) is 0.462. The Kier molecular flexibility index (Phi) is 3.89. The average molecular weight is 205 g/mol. The van der Waals surface area contributed by atoms with Gasteiger partial charge in [0.1, 0.15) is 0 Å².